The van der Waals surface area contributed by atoms with Gasteiger partial charge in [0.2, 0.25) is 0 Å². The Hall–Kier alpha value is -0.370. The van der Waals surface area contributed by atoms with Gasteiger partial charge in [-0.2, -0.15) is 0 Å². The first-order valence-corrected chi connectivity index (χ1v) is 9.44. The maximum atomic E-state index is 12.7. The predicted octanol–water partition coefficient (Wildman–Crippen LogP) is 5.05. The summed E-state index contributed by atoms with van der Waals surface area (Å²) in [5.74, 6) is 1.56. The van der Waals surface area contributed by atoms with Gasteiger partial charge in [-0.25, -0.2) is 0 Å². The third-order valence-electron chi connectivity index (χ3n) is 6.18. The monoisotopic (exact) mass is 292 g/mol. The Morgan fingerprint density at radius 1 is 0.905 bits per heavy atom. The van der Waals surface area contributed by atoms with Crippen molar-refractivity contribution in [2.24, 2.45) is 11.8 Å². The van der Waals surface area contributed by atoms with Crippen molar-refractivity contribution in [2.75, 3.05) is 6.61 Å². The quantitative estimate of drug-likeness (QED) is 0.681. The average Bonchev–Trinajstić information content (AvgIpc) is 2.77. The van der Waals surface area contributed by atoms with E-state index in [1.807, 2.05) is 0 Å². The third kappa shape index (κ3) is 4.09. The van der Waals surface area contributed by atoms with Crippen molar-refractivity contribution in [3.05, 3.63) is 0 Å². The van der Waals surface area contributed by atoms with Crippen LogP contribution in [0.2, 0.25) is 0 Å². The van der Waals surface area contributed by atoms with E-state index < -0.39 is 0 Å². The summed E-state index contributed by atoms with van der Waals surface area (Å²) in [6, 6.07) is 0. The molecule has 0 aromatic rings. The lowest BCUT2D eigenvalue weighted by molar-refractivity contribution is -0.143. The van der Waals surface area contributed by atoms with Crippen molar-refractivity contribution in [3.8, 4) is 0 Å². The fraction of sp³-hybridized carbons (Fsp3) is 0.947. The first kappa shape index (κ1) is 15.5. The molecular weight excluding hydrogens is 260 g/mol. The van der Waals surface area contributed by atoms with Gasteiger partial charge >= 0.3 is 0 Å². The molecular formula is C19H32O2. The van der Waals surface area contributed by atoms with E-state index in [9.17, 15) is 4.79 Å². The molecule has 1 saturated heterocycles. The van der Waals surface area contributed by atoms with Gasteiger partial charge < -0.3 is 4.74 Å². The number of hydrogen-bond acceptors (Lipinski definition) is 2. The first-order chi connectivity index (χ1) is 10.3. The molecule has 1 atom stereocenters. The molecule has 3 rings (SSSR count). The van der Waals surface area contributed by atoms with Crippen molar-refractivity contribution in [3.63, 3.8) is 0 Å². The molecule has 2 saturated carbocycles. The molecule has 0 amide bonds. The van der Waals surface area contributed by atoms with Crippen LogP contribution in [0.5, 0.6) is 0 Å². The summed E-state index contributed by atoms with van der Waals surface area (Å²) in [6.45, 7) is 0.821. The molecule has 0 radical (unpaired) electrons. The van der Waals surface area contributed by atoms with Crippen molar-refractivity contribution >= 4 is 5.78 Å². The van der Waals surface area contributed by atoms with Crippen molar-refractivity contribution < 1.29 is 9.53 Å². The van der Waals surface area contributed by atoms with Crippen LogP contribution in [-0.4, -0.2) is 18.0 Å². The second-order valence-electron chi connectivity index (χ2n) is 7.81. The van der Waals surface area contributed by atoms with Gasteiger partial charge in [0.05, 0.1) is 5.60 Å². The van der Waals surface area contributed by atoms with Crippen LogP contribution in [0.3, 0.4) is 0 Å². The standard InChI is InChI=1S/C19H32O2/c20-18(14-16-8-4-1-2-5-9-16)17-10-13-21-19(15-17)11-6-3-7-12-19/h16-17H,1-15H2. The lowest BCUT2D eigenvalue weighted by Gasteiger charge is -2.43. The largest absolute Gasteiger partial charge is 0.375 e. The summed E-state index contributed by atoms with van der Waals surface area (Å²) in [4.78, 5) is 12.7. The average molecular weight is 292 g/mol. The van der Waals surface area contributed by atoms with Crippen molar-refractivity contribution in [2.45, 2.75) is 95.5 Å². The zero-order chi connectivity index (χ0) is 14.5. The fourth-order valence-corrected chi connectivity index (χ4v) is 4.87. The van der Waals surface area contributed by atoms with Gasteiger partial charge in [0.1, 0.15) is 5.78 Å². The van der Waals surface area contributed by atoms with Gasteiger partial charge in [0, 0.05) is 18.9 Å². The zero-order valence-electron chi connectivity index (χ0n) is 13.6. The van der Waals surface area contributed by atoms with E-state index in [2.05, 4.69) is 0 Å². The van der Waals surface area contributed by atoms with Crippen LogP contribution in [-0.2, 0) is 9.53 Å². The van der Waals surface area contributed by atoms with Crippen LogP contribution in [0.15, 0.2) is 0 Å². The molecule has 2 heteroatoms. The Morgan fingerprint density at radius 2 is 1.57 bits per heavy atom. The molecule has 3 aliphatic rings. The summed E-state index contributed by atoms with van der Waals surface area (Å²) in [6.07, 6.45) is 17.2. The van der Waals surface area contributed by atoms with Crippen molar-refractivity contribution in [1.82, 2.24) is 0 Å². The van der Waals surface area contributed by atoms with Gasteiger partial charge in [-0.15, -0.1) is 0 Å². The number of carbonyl (C=O) groups is 1. The molecule has 0 bridgehead atoms. The highest BCUT2D eigenvalue weighted by atomic mass is 16.5. The second-order valence-corrected chi connectivity index (χ2v) is 7.81. The molecule has 21 heavy (non-hydrogen) atoms. The van der Waals surface area contributed by atoms with Crippen LogP contribution in [0, 0.1) is 11.8 Å². The molecule has 3 fully saturated rings. The first-order valence-electron chi connectivity index (χ1n) is 9.44. The molecule has 1 spiro atoms. The van der Waals surface area contributed by atoms with Crippen LogP contribution in [0.1, 0.15) is 89.9 Å². The Labute approximate surface area is 130 Å². The smallest absolute Gasteiger partial charge is 0.136 e. The normalized spacial score (nSPS) is 31.0. The maximum Gasteiger partial charge on any atom is 0.136 e. The van der Waals surface area contributed by atoms with Crippen LogP contribution >= 0.6 is 0 Å². The van der Waals surface area contributed by atoms with E-state index >= 15 is 0 Å². The van der Waals surface area contributed by atoms with Crippen molar-refractivity contribution in [1.29, 1.82) is 0 Å². The minimum absolute atomic E-state index is 0.0836. The van der Waals surface area contributed by atoms with E-state index in [1.165, 1.54) is 70.6 Å². The Balaban J connectivity index is 1.53. The van der Waals surface area contributed by atoms with Gasteiger partial charge in [0.15, 0.2) is 0 Å². The van der Waals surface area contributed by atoms with Crippen LogP contribution in [0.25, 0.3) is 0 Å². The van der Waals surface area contributed by atoms with E-state index in [0.717, 1.165) is 25.9 Å². The number of rotatable bonds is 3. The summed E-state index contributed by atoms with van der Waals surface area (Å²) in [7, 11) is 0. The molecule has 0 N–H and O–H groups in total. The highest BCUT2D eigenvalue weighted by Crippen LogP contribution is 2.41. The summed E-state index contributed by atoms with van der Waals surface area (Å²) >= 11 is 0. The molecule has 0 aromatic heterocycles. The summed E-state index contributed by atoms with van der Waals surface area (Å²) in [5.41, 5.74) is 0.0836. The Bertz CT molecular complexity index is 330. The van der Waals surface area contributed by atoms with E-state index in [-0.39, 0.29) is 5.60 Å². The highest BCUT2D eigenvalue weighted by molar-refractivity contribution is 5.81. The minimum Gasteiger partial charge on any atom is -0.375 e. The third-order valence-corrected chi connectivity index (χ3v) is 6.18. The number of carbonyl (C=O) groups excluding carboxylic acids is 1. The van der Waals surface area contributed by atoms with Crippen LogP contribution in [0.4, 0.5) is 0 Å². The zero-order valence-corrected chi connectivity index (χ0v) is 13.6. The lowest BCUT2D eigenvalue weighted by atomic mass is 9.74. The summed E-state index contributed by atoms with van der Waals surface area (Å²) in [5, 5.41) is 0. The number of ether oxygens (including phenoxy) is 1. The van der Waals surface area contributed by atoms with E-state index in [1.54, 1.807) is 0 Å². The molecule has 120 valence electrons. The highest BCUT2D eigenvalue weighted by Gasteiger charge is 2.40. The molecule has 1 unspecified atom stereocenters. The van der Waals surface area contributed by atoms with Crippen LogP contribution < -0.4 is 0 Å². The second kappa shape index (κ2) is 7.26. The SMILES string of the molecule is O=C(CC1CCCCCC1)C1CCOC2(CCCCC2)C1. The molecule has 1 heterocycles. The van der Waals surface area contributed by atoms with Gasteiger partial charge in [0.25, 0.3) is 0 Å². The predicted molar refractivity (Wildman–Crippen MR) is 85.3 cm³/mol. The lowest BCUT2D eigenvalue weighted by Crippen LogP contribution is -2.43. The Kier molecular flexibility index (Phi) is 5.37. The topological polar surface area (TPSA) is 26.3 Å². The van der Waals surface area contributed by atoms with Gasteiger partial charge in [-0.3, -0.25) is 4.79 Å². The number of hydrogen-bond donors (Lipinski definition) is 0. The maximum absolute atomic E-state index is 12.7. The summed E-state index contributed by atoms with van der Waals surface area (Å²) < 4.78 is 6.14. The fourth-order valence-electron chi connectivity index (χ4n) is 4.87. The molecule has 2 aliphatic carbocycles. The van der Waals surface area contributed by atoms with Gasteiger partial charge in [-0.1, -0.05) is 57.8 Å². The van der Waals surface area contributed by atoms with E-state index in [0.29, 0.717) is 17.6 Å². The van der Waals surface area contributed by atoms with Gasteiger partial charge in [-0.05, 0) is 31.6 Å². The molecule has 1 aliphatic heterocycles. The Morgan fingerprint density at radius 3 is 2.29 bits per heavy atom. The number of ketones is 1. The molecule has 0 aromatic carbocycles. The molecule has 2 nitrogen and oxygen atoms in total. The minimum atomic E-state index is 0.0836. The number of Topliss-reactive ketones (excluding diaryl/α,β-unsaturated/α-hetero) is 1. The van der Waals surface area contributed by atoms with E-state index in [4.69, 9.17) is 4.74 Å².